The number of furan rings is 1. The molecule has 0 radical (unpaired) electrons. The van der Waals surface area contributed by atoms with Gasteiger partial charge in [0.2, 0.25) is 5.91 Å². The van der Waals surface area contributed by atoms with E-state index in [1.165, 1.54) is 0 Å². The average molecular weight is 304 g/mol. The van der Waals surface area contributed by atoms with Gasteiger partial charge in [-0.2, -0.15) is 0 Å². The zero-order chi connectivity index (χ0) is 14.8. The standard InChI is InChI=1S/C17H18ClNO2/c1-2-19(11-12-5-3-6-13(18)9-12)17(20)15-10-14(15)16-7-4-8-21-16/h3-9,14-15H,2,10-11H2,1H3. The third kappa shape index (κ3) is 3.13. The smallest absolute Gasteiger partial charge is 0.226 e. The van der Waals surface area contributed by atoms with Gasteiger partial charge in [0, 0.05) is 29.9 Å². The number of carbonyl (C=O) groups is 1. The molecule has 1 fully saturated rings. The van der Waals surface area contributed by atoms with Gasteiger partial charge in [-0.15, -0.1) is 0 Å². The van der Waals surface area contributed by atoms with Gasteiger partial charge in [0.25, 0.3) is 0 Å². The number of amides is 1. The van der Waals surface area contributed by atoms with Crippen molar-refractivity contribution in [2.24, 2.45) is 5.92 Å². The predicted molar refractivity (Wildman–Crippen MR) is 82.1 cm³/mol. The van der Waals surface area contributed by atoms with Gasteiger partial charge >= 0.3 is 0 Å². The largest absolute Gasteiger partial charge is 0.469 e. The van der Waals surface area contributed by atoms with Crippen LogP contribution < -0.4 is 0 Å². The average Bonchev–Trinajstić information content (AvgIpc) is 3.09. The third-order valence-corrected chi connectivity index (χ3v) is 4.21. The Morgan fingerprint density at radius 3 is 2.90 bits per heavy atom. The van der Waals surface area contributed by atoms with Crippen molar-refractivity contribution in [3.8, 4) is 0 Å². The topological polar surface area (TPSA) is 33.5 Å². The van der Waals surface area contributed by atoms with Crippen LogP contribution in [0.4, 0.5) is 0 Å². The van der Waals surface area contributed by atoms with E-state index in [1.807, 2.05) is 48.2 Å². The maximum atomic E-state index is 12.6. The fourth-order valence-corrected chi connectivity index (χ4v) is 2.93. The molecule has 0 saturated heterocycles. The Morgan fingerprint density at radius 1 is 1.38 bits per heavy atom. The summed E-state index contributed by atoms with van der Waals surface area (Å²) < 4.78 is 5.40. The van der Waals surface area contributed by atoms with Gasteiger partial charge in [-0.3, -0.25) is 4.79 Å². The minimum absolute atomic E-state index is 0.0651. The monoisotopic (exact) mass is 303 g/mol. The van der Waals surface area contributed by atoms with Crippen LogP contribution in [0.15, 0.2) is 47.1 Å². The summed E-state index contributed by atoms with van der Waals surface area (Å²) in [5.74, 6) is 1.45. The molecule has 1 aliphatic rings. The fraction of sp³-hybridized carbons (Fsp3) is 0.353. The number of benzene rings is 1. The van der Waals surface area contributed by atoms with Crippen LogP contribution in [0.2, 0.25) is 5.02 Å². The summed E-state index contributed by atoms with van der Waals surface area (Å²) in [5.41, 5.74) is 1.06. The molecule has 2 aromatic rings. The van der Waals surface area contributed by atoms with Gasteiger partial charge in [0.1, 0.15) is 5.76 Å². The summed E-state index contributed by atoms with van der Waals surface area (Å²) in [5, 5.41) is 0.705. The first-order valence-electron chi connectivity index (χ1n) is 7.25. The summed E-state index contributed by atoms with van der Waals surface area (Å²) >= 11 is 6.00. The highest BCUT2D eigenvalue weighted by molar-refractivity contribution is 6.30. The fourth-order valence-electron chi connectivity index (χ4n) is 2.72. The Kier molecular flexibility index (Phi) is 4.02. The Bertz CT molecular complexity index is 623. The minimum Gasteiger partial charge on any atom is -0.469 e. The van der Waals surface area contributed by atoms with E-state index >= 15 is 0 Å². The summed E-state index contributed by atoms with van der Waals surface area (Å²) in [4.78, 5) is 14.5. The van der Waals surface area contributed by atoms with Gasteiger partial charge in [0.05, 0.1) is 6.26 Å². The van der Waals surface area contributed by atoms with Crippen molar-refractivity contribution in [3.05, 3.63) is 59.0 Å². The van der Waals surface area contributed by atoms with Crippen LogP contribution in [-0.2, 0) is 11.3 Å². The first-order chi connectivity index (χ1) is 10.2. The molecule has 1 aliphatic carbocycles. The lowest BCUT2D eigenvalue weighted by atomic mass is 10.2. The van der Waals surface area contributed by atoms with E-state index in [2.05, 4.69) is 0 Å². The van der Waals surface area contributed by atoms with E-state index in [9.17, 15) is 4.79 Å². The highest BCUT2D eigenvalue weighted by Gasteiger charge is 2.47. The van der Waals surface area contributed by atoms with Gasteiger partial charge in [-0.05, 0) is 43.2 Å². The van der Waals surface area contributed by atoms with Crippen LogP contribution in [-0.4, -0.2) is 17.4 Å². The van der Waals surface area contributed by atoms with E-state index < -0.39 is 0 Å². The Morgan fingerprint density at radius 2 is 2.24 bits per heavy atom. The number of hydrogen-bond acceptors (Lipinski definition) is 2. The van der Waals surface area contributed by atoms with Crippen molar-refractivity contribution >= 4 is 17.5 Å². The van der Waals surface area contributed by atoms with Crippen LogP contribution in [0.25, 0.3) is 0 Å². The van der Waals surface area contributed by atoms with Crippen molar-refractivity contribution in [2.75, 3.05) is 6.54 Å². The molecular formula is C17H18ClNO2. The SMILES string of the molecule is CCN(Cc1cccc(Cl)c1)C(=O)C1CC1c1ccco1. The number of hydrogen-bond donors (Lipinski definition) is 0. The van der Waals surface area contributed by atoms with Gasteiger partial charge in [-0.1, -0.05) is 23.7 Å². The second-order valence-electron chi connectivity index (χ2n) is 5.45. The Hall–Kier alpha value is -1.74. The number of rotatable bonds is 5. The molecular weight excluding hydrogens is 286 g/mol. The lowest BCUT2D eigenvalue weighted by molar-refractivity contribution is -0.133. The molecule has 1 amide bonds. The summed E-state index contributed by atoms with van der Waals surface area (Å²) in [6, 6.07) is 11.5. The number of halogens is 1. The lowest BCUT2D eigenvalue weighted by Gasteiger charge is -2.21. The molecule has 21 heavy (non-hydrogen) atoms. The zero-order valence-corrected chi connectivity index (χ0v) is 12.7. The van der Waals surface area contributed by atoms with Crippen molar-refractivity contribution in [2.45, 2.75) is 25.8 Å². The van der Waals surface area contributed by atoms with Crippen LogP contribution in [0.1, 0.15) is 30.6 Å². The van der Waals surface area contributed by atoms with E-state index in [4.69, 9.17) is 16.0 Å². The molecule has 0 aliphatic heterocycles. The highest BCUT2D eigenvalue weighted by atomic mass is 35.5. The first-order valence-corrected chi connectivity index (χ1v) is 7.63. The third-order valence-electron chi connectivity index (χ3n) is 3.97. The van der Waals surface area contributed by atoms with E-state index in [1.54, 1.807) is 6.26 Å². The molecule has 2 unspecified atom stereocenters. The summed E-state index contributed by atoms with van der Waals surface area (Å²) in [7, 11) is 0. The van der Waals surface area contributed by atoms with E-state index in [0.717, 1.165) is 17.7 Å². The van der Waals surface area contributed by atoms with Gasteiger partial charge < -0.3 is 9.32 Å². The summed E-state index contributed by atoms with van der Waals surface area (Å²) in [6.07, 6.45) is 2.55. The maximum absolute atomic E-state index is 12.6. The Balaban J connectivity index is 1.65. The summed E-state index contributed by atoms with van der Waals surface area (Å²) in [6.45, 7) is 3.32. The lowest BCUT2D eigenvalue weighted by Crippen LogP contribution is -2.31. The van der Waals surface area contributed by atoms with Crippen LogP contribution >= 0.6 is 11.6 Å². The molecule has 1 saturated carbocycles. The molecule has 1 aromatic carbocycles. The first kappa shape index (κ1) is 14.2. The van der Waals surface area contributed by atoms with Crippen molar-refractivity contribution in [1.29, 1.82) is 0 Å². The molecule has 3 rings (SSSR count). The van der Waals surface area contributed by atoms with Crippen LogP contribution in [0.5, 0.6) is 0 Å². The predicted octanol–water partition coefficient (Wildman–Crippen LogP) is 4.09. The van der Waals surface area contributed by atoms with Gasteiger partial charge in [0.15, 0.2) is 0 Å². The number of carbonyl (C=O) groups excluding carboxylic acids is 1. The van der Waals surface area contributed by atoms with Crippen molar-refractivity contribution < 1.29 is 9.21 Å². The molecule has 2 atom stereocenters. The molecule has 1 heterocycles. The quantitative estimate of drug-likeness (QED) is 0.833. The molecule has 1 aromatic heterocycles. The normalized spacial score (nSPS) is 20.3. The second-order valence-corrected chi connectivity index (χ2v) is 5.88. The van der Waals surface area contributed by atoms with Gasteiger partial charge in [-0.25, -0.2) is 0 Å². The van der Waals surface area contributed by atoms with E-state index in [-0.39, 0.29) is 17.7 Å². The van der Waals surface area contributed by atoms with Crippen molar-refractivity contribution in [3.63, 3.8) is 0 Å². The molecule has 0 spiro atoms. The molecule has 0 N–H and O–H groups in total. The number of nitrogens with zero attached hydrogens (tertiary/aromatic N) is 1. The maximum Gasteiger partial charge on any atom is 0.226 e. The highest BCUT2D eigenvalue weighted by Crippen LogP contribution is 2.48. The molecule has 110 valence electrons. The Labute approximate surface area is 129 Å². The van der Waals surface area contributed by atoms with Crippen LogP contribution in [0, 0.1) is 5.92 Å². The molecule has 0 bridgehead atoms. The van der Waals surface area contributed by atoms with Crippen LogP contribution in [0.3, 0.4) is 0 Å². The second kappa shape index (κ2) is 5.94. The van der Waals surface area contributed by atoms with Crippen molar-refractivity contribution in [1.82, 2.24) is 4.90 Å². The molecule has 4 heteroatoms. The zero-order valence-electron chi connectivity index (χ0n) is 12.0. The molecule has 3 nitrogen and oxygen atoms in total. The van der Waals surface area contributed by atoms with E-state index in [0.29, 0.717) is 18.1 Å². The minimum atomic E-state index is 0.0651.